The van der Waals surface area contributed by atoms with E-state index in [4.69, 9.17) is 0 Å². The van der Waals surface area contributed by atoms with Crippen molar-refractivity contribution in [3.8, 4) is 0 Å². The molecule has 5 rings (SSSR count). The second kappa shape index (κ2) is 8.57. The highest BCUT2D eigenvalue weighted by atomic mass is 16.3. The van der Waals surface area contributed by atoms with E-state index in [-0.39, 0.29) is 17.6 Å². The SMILES string of the molecule is O=C(c1ccccc1)C1C(c2ccccc2)CC(c2ccccc2)C1(O)c1ccccc1. The number of rotatable bonds is 5. The van der Waals surface area contributed by atoms with E-state index in [0.717, 1.165) is 16.7 Å². The van der Waals surface area contributed by atoms with Crippen LogP contribution in [0, 0.1) is 5.92 Å². The summed E-state index contributed by atoms with van der Waals surface area (Å²) in [4.78, 5) is 14.0. The molecule has 1 fully saturated rings. The van der Waals surface area contributed by atoms with E-state index in [1.165, 1.54) is 0 Å². The first-order valence-electron chi connectivity index (χ1n) is 11.2. The Morgan fingerprint density at radius 1 is 0.656 bits per heavy atom. The Morgan fingerprint density at radius 2 is 1.12 bits per heavy atom. The molecule has 158 valence electrons. The molecule has 1 saturated carbocycles. The van der Waals surface area contributed by atoms with Crippen molar-refractivity contribution in [1.82, 2.24) is 0 Å². The largest absolute Gasteiger partial charge is 0.384 e. The second-order valence-corrected chi connectivity index (χ2v) is 8.62. The first-order chi connectivity index (χ1) is 15.7. The lowest BCUT2D eigenvalue weighted by atomic mass is 9.71. The van der Waals surface area contributed by atoms with E-state index in [0.29, 0.717) is 12.0 Å². The predicted molar refractivity (Wildman–Crippen MR) is 128 cm³/mol. The van der Waals surface area contributed by atoms with Gasteiger partial charge in [0, 0.05) is 11.5 Å². The molecule has 1 aliphatic carbocycles. The Labute approximate surface area is 189 Å². The first-order valence-corrected chi connectivity index (χ1v) is 11.2. The van der Waals surface area contributed by atoms with Gasteiger partial charge in [-0.15, -0.1) is 0 Å². The number of hydrogen-bond acceptors (Lipinski definition) is 2. The molecule has 0 bridgehead atoms. The van der Waals surface area contributed by atoms with Gasteiger partial charge < -0.3 is 5.11 Å². The Bertz CT molecular complexity index is 1170. The van der Waals surface area contributed by atoms with Crippen LogP contribution in [-0.2, 0) is 5.60 Å². The van der Waals surface area contributed by atoms with Crippen molar-refractivity contribution < 1.29 is 9.90 Å². The summed E-state index contributed by atoms with van der Waals surface area (Å²) in [7, 11) is 0. The quantitative estimate of drug-likeness (QED) is 0.384. The van der Waals surface area contributed by atoms with Crippen molar-refractivity contribution in [2.75, 3.05) is 0 Å². The number of aliphatic hydroxyl groups is 1. The lowest BCUT2D eigenvalue weighted by Gasteiger charge is -2.36. The fourth-order valence-electron chi connectivity index (χ4n) is 5.45. The summed E-state index contributed by atoms with van der Waals surface area (Å²) in [5.74, 6) is -0.905. The highest BCUT2D eigenvalue weighted by molar-refractivity contribution is 5.99. The lowest BCUT2D eigenvalue weighted by molar-refractivity contribution is -0.0133. The average molecular weight is 419 g/mol. The molecule has 32 heavy (non-hydrogen) atoms. The van der Waals surface area contributed by atoms with Gasteiger partial charge in [0.05, 0.1) is 5.92 Å². The summed E-state index contributed by atoms with van der Waals surface area (Å²) in [5.41, 5.74) is 2.26. The summed E-state index contributed by atoms with van der Waals surface area (Å²) < 4.78 is 0. The molecule has 4 aromatic carbocycles. The maximum absolute atomic E-state index is 14.0. The molecular weight excluding hydrogens is 392 g/mol. The molecule has 4 aromatic rings. The van der Waals surface area contributed by atoms with Gasteiger partial charge in [0.15, 0.2) is 5.78 Å². The Balaban J connectivity index is 1.73. The van der Waals surface area contributed by atoms with E-state index >= 15 is 0 Å². The van der Waals surface area contributed by atoms with Crippen LogP contribution in [0.15, 0.2) is 121 Å². The third-order valence-corrected chi connectivity index (χ3v) is 6.90. The smallest absolute Gasteiger partial charge is 0.169 e. The molecule has 1 N–H and O–H groups in total. The third kappa shape index (κ3) is 3.47. The summed E-state index contributed by atoms with van der Waals surface area (Å²) in [6.07, 6.45) is 0.697. The van der Waals surface area contributed by atoms with Crippen molar-refractivity contribution in [2.45, 2.75) is 23.9 Å². The van der Waals surface area contributed by atoms with Gasteiger partial charge in [-0.2, -0.15) is 0 Å². The van der Waals surface area contributed by atoms with Crippen LogP contribution in [0.3, 0.4) is 0 Å². The van der Waals surface area contributed by atoms with E-state index in [1.54, 1.807) is 0 Å². The molecule has 2 heteroatoms. The van der Waals surface area contributed by atoms with Crippen LogP contribution >= 0.6 is 0 Å². The number of Topliss-reactive ketones (excluding diaryl/α,β-unsaturated/α-hetero) is 1. The molecule has 4 atom stereocenters. The van der Waals surface area contributed by atoms with Crippen molar-refractivity contribution in [3.05, 3.63) is 144 Å². The van der Waals surface area contributed by atoms with Crippen LogP contribution in [0.4, 0.5) is 0 Å². The molecular formula is C30H26O2. The van der Waals surface area contributed by atoms with E-state index in [1.807, 2.05) is 97.1 Å². The van der Waals surface area contributed by atoms with Crippen LogP contribution in [0.1, 0.15) is 45.3 Å². The maximum atomic E-state index is 14.0. The zero-order valence-corrected chi connectivity index (χ0v) is 17.8. The predicted octanol–water partition coefficient (Wildman–Crippen LogP) is 6.34. The molecule has 0 saturated heterocycles. The maximum Gasteiger partial charge on any atom is 0.169 e. The topological polar surface area (TPSA) is 37.3 Å². The molecule has 0 radical (unpaired) electrons. The number of ketones is 1. The third-order valence-electron chi connectivity index (χ3n) is 6.90. The highest BCUT2D eigenvalue weighted by Gasteiger charge is 2.58. The first kappa shape index (κ1) is 20.4. The Hall–Kier alpha value is -3.49. The van der Waals surface area contributed by atoms with E-state index in [9.17, 15) is 9.90 Å². The standard InChI is InChI=1S/C30H26O2/c31-29(24-17-9-3-10-18-24)28-26(22-13-5-1-6-14-22)21-27(23-15-7-2-8-16-23)30(28,32)25-19-11-4-12-20-25/h1-20,26-28,32H,21H2. The highest BCUT2D eigenvalue weighted by Crippen LogP contribution is 2.59. The van der Waals surface area contributed by atoms with E-state index < -0.39 is 11.5 Å². The Kier molecular flexibility index (Phi) is 5.46. The van der Waals surface area contributed by atoms with Crippen molar-refractivity contribution >= 4 is 5.78 Å². The van der Waals surface area contributed by atoms with Crippen molar-refractivity contribution in [2.24, 2.45) is 5.92 Å². The minimum atomic E-state index is -1.32. The minimum Gasteiger partial charge on any atom is -0.384 e. The van der Waals surface area contributed by atoms with Crippen LogP contribution in [0.25, 0.3) is 0 Å². The summed E-state index contributed by atoms with van der Waals surface area (Å²) in [6, 6.07) is 39.4. The number of carbonyl (C=O) groups excluding carboxylic acids is 1. The van der Waals surface area contributed by atoms with Gasteiger partial charge in [-0.25, -0.2) is 0 Å². The van der Waals surface area contributed by atoms with E-state index in [2.05, 4.69) is 24.3 Å². The molecule has 1 aliphatic rings. The van der Waals surface area contributed by atoms with Gasteiger partial charge in [0.25, 0.3) is 0 Å². The van der Waals surface area contributed by atoms with Crippen LogP contribution in [0.2, 0.25) is 0 Å². The van der Waals surface area contributed by atoms with Crippen molar-refractivity contribution in [1.29, 1.82) is 0 Å². The minimum absolute atomic E-state index is 0.00997. The molecule has 0 heterocycles. The fourth-order valence-corrected chi connectivity index (χ4v) is 5.45. The van der Waals surface area contributed by atoms with Crippen LogP contribution in [-0.4, -0.2) is 10.9 Å². The Morgan fingerprint density at radius 3 is 1.69 bits per heavy atom. The monoisotopic (exact) mass is 418 g/mol. The zero-order chi connectivity index (χ0) is 22.0. The van der Waals surface area contributed by atoms with Gasteiger partial charge in [-0.05, 0) is 29.0 Å². The van der Waals surface area contributed by atoms with Gasteiger partial charge in [0.1, 0.15) is 5.60 Å². The second-order valence-electron chi connectivity index (χ2n) is 8.62. The molecule has 0 aliphatic heterocycles. The van der Waals surface area contributed by atoms with Crippen LogP contribution < -0.4 is 0 Å². The summed E-state index contributed by atoms with van der Waals surface area (Å²) >= 11 is 0. The van der Waals surface area contributed by atoms with Gasteiger partial charge >= 0.3 is 0 Å². The lowest BCUT2D eigenvalue weighted by Crippen LogP contribution is -2.41. The van der Waals surface area contributed by atoms with Crippen LogP contribution in [0.5, 0.6) is 0 Å². The molecule has 0 spiro atoms. The zero-order valence-electron chi connectivity index (χ0n) is 17.8. The molecule has 0 aromatic heterocycles. The summed E-state index contributed by atoms with van der Waals surface area (Å²) in [6.45, 7) is 0. The van der Waals surface area contributed by atoms with Gasteiger partial charge in [-0.3, -0.25) is 4.79 Å². The average Bonchev–Trinajstić information content (AvgIpc) is 3.20. The molecule has 4 unspecified atom stereocenters. The van der Waals surface area contributed by atoms with Gasteiger partial charge in [0.2, 0.25) is 0 Å². The molecule has 0 amide bonds. The number of benzene rings is 4. The number of hydrogen-bond donors (Lipinski definition) is 1. The van der Waals surface area contributed by atoms with Crippen molar-refractivity contribution in [3.63, 3.8) is 0 Å². The normalized spacial score (nSPS) is 24.8. The number of carbonyl (C=O) groups is 1. The summed E-state index contributed by atoms with van der Waals surface area (Å²) in [5, 5.41) is 12.6. The fraction of sp³-hybridized carbons (Fsp3) is 0.167. The molecule has 2 nitrogen and oxygen atoms in total. The van der Waals surface area contributed by atoms with Gasteiger partial charge in [-0.1, -0.05) is 121 Å².